The summed E-state index contributed by atoms with van der Waals surface area (Å²) in [5.41, 5.74) is 1.31. The van der Waals surface area contributed by atoms with Crippen LogP contribution in [0.3, 0.4) is 0 Å². The number of nitrogens with zero attached hydrogens (tertiary/aromatic N) is 2. The van der Waals surface area contributed by atoms with Gasteiger partial charge in [0.1, 0.15) is 0 Å². The molecule has 0 atom stereocenters. The third kappa shape index (κ3) is 2.15. The summed E-state index contributed by atoms with van der Waals surface area (Å²) in [6, 6.07) is 0. The second-order valence-corrected chi connectivity index (χ2v) is 5.49. The Labute approximate surface area is 101 Å². The predicted molar refractivity (Wildman–Crippen MR) is 67.1 cm³/mol. The standard InChI is InChI=1S/C11H19N3OS/c1-11(2,3)9-8-12-10(16)14(9)13-4-6-15-7-5-13/h8H,4-7H2,1-3H3,(H,12,16). The molecule has 90 valence electrons. The Morgan fingerprint density at radius 3 is 2.50 bits per heavy atom. The molecule has 0 saturated carbocycles. The molecular weight excluding hydrogens is 222 g/mol. The summed E-state index contributed by atoms with van der Waals surface area (Å²) in [6.45, 7) is 9.93. The first-order chi connectivity index (χ1) is 7.50. The van der Waals surface area contributed by atoms with Gasteiger partial charge < -0.3 is 14.7 Å². The summed E-state index contributed by atoms with van der Waals surface area (Å²) < 4.78 is 8.26. The molecule has 0 radical (unpaired) electrons. The molecule has 1 aliphatic rings. The fourth-order valence-corrected chi connectivity index (χ4v) is 2.20. The molecule has 2 rings (SSSR count). The smallest absolute Gasteiger partial charge is 0.196 e. The van der Waals surface area contributed by atoms with Gasteiger partial charge in [-0.3, -0.25) is 0 Å². The molecule has 1 fully saturated rings. The molecule has 5 heteroatoms. The van der Waals surface area contributed by atoms with Gasteiger partial charge in [-0.15, -0.1) is 0 Å². The summed E-state index contributed by atoms with van der Waals surface area (Å²) >= 11 is 5.35. The molecule has 2 heterocycles. The minimum absolute atomic E-state index is 0.0892. The van der Waals surface area contributed by atoms with Crippen LogP contribution in [0.5, 0.6) is 0 Å². The highest BCUT2D eigenvalue weighted by molar-refractivity contribution is 7.71. The van der Waals surface area contributed by atoms with E-state index < -0.39 is 0 Å². The van der Waals surface area contributed by atoms with Crippen LogP contribution in [0.2, 0.25) is 0 Å². The van der Waals surface area contributed by atoms with Crippen molar-refractivity contribution in [3.8, 4) is 0 Å². The largest absolute Gasteiger partial charge is 0.378 e. The normalized spacial score (nSPS) is 17.8. The van der Waals surface area contributed by atoms with Crippen molar-refractivity contribution < 1.29 is 4.74 Å². The minimum atomic E-state index is 0.0892. The summed E-state index contributed by atoms with van der Waals surface area (Å²) in [4.78, 5) is 3.14. The molecule has 0 amide bonds. The van der Waals surface area contributed by atoms with E-state index in [4.69, 9.17) is 17.0 Å². The van der Waals surface area contributed by atoms with Gasteiger partial charge in [0.2, 0.25) is 0 Å². The van der Waals surface area contributed by atoms with E-state index in [0.29, 0.717) is 0 Å². The van der Waals surface area contributed by atoms with Crippen LogP contribution < -0.4 is 5.01 Å². The van der Waals surface area contributed by atoms with Crippen molar-refractivity contribution in [3.63, 3.8) is 0 Å². The number of nitrogens with one attached hydrogen (secondary N) is 1. The summed E-state index contributed by atoms with van der Waals surface area (Å²) in [5.74, 6) is 0. The third-order valence-corrected chi connectivity index (χ3v) is 3.08. The van der Waals surface area contributed by atoms with Crippen LogP contribution in [0.1, 0.15) is 26.5 Å². The Balaban J connectivity index is 2.38. The fourth-order valence-electron chi connectivity index (χ4n) is 1.93. The number of H-pyrrole nitrogens is 1. The monoisotopic (exact) mass is 241 g/mol. The van der Waals surface area contributed by atoms with Crippen molar-refractivity contribution in [1.82, 2.24) is 9.66 Å². The van der Waals surface area contributed by atoms with Gasteiger partial charge in [-0.1, -0.05) is 20.8 Å². The molecule has 0 aromatic carbocycles. The van der Waals surface area contributed by atoms with Gasteiger partial charge in [0.05, 0.1) is 32.0 Å². The van der Waals surface area contributed by atoms with Crippen molar-refractivity contribution in [2.75, 3.05) is 31.3 Å². The van der Waals surface area contributed by atoms with E-state index in [2.05, 4.69) is 35.4 Å². The molecule has 1 aromatic rings. The van der Waals surface area contributed by atoms with Crippen LogP contribution in [-0.2, 0) is 10.2 Å². The van der Waals surface area contributed by atoms with Gasteiger partial charge in [0.15, 0.2) is 4.77 Å². The third-order valence-electron chi connectivity index (χ3n) is 2.79. The Kier molecular flexibility index (Phi) is 3.08. The second kappa shape index (κ2) is 4.22. The second-order valence-electron chi connectivity index (χ2n) is 5.11. The zero-order chi connectivity index (χ0) is 11.8. The van der Waals surface area contributed by atoms with Crippen LogP contribution in [0.25, 0.3) is 0 Å². The van der Waals surface area contributed by atoms with Gasteiger partial charge in [-0.25, -0.2) is 4.68 Å². The van der Waals surface area contributed by atoms with E-state index in [1.165, 1.54) is 5.69 Å². The fraction of sp³-hybridized carbons (Fsp3) is 0.727. The van der Waals surface area contributed by atoms with E-state index in [-0.39, 0.29) is 5.41 Å². The van der Waals surface area contributed by atoms with Gasteiger partial charge in [0, 0.05) is 11.6 Å². The summed E-state index contributed by atoms with van der Waals surface area (Å²) in [6.07, 6.45) is 2.01. The topological polar surface area (TPSA) is 33.2 Å². The molecular formula is C11H19N3OS. The van der Waals surface area contributed by atoms with Crippen LogP contribution >= 0.6 is 12.2 Å². The van der Waals surface area contributed by atoms with Crippen LogP contribution in [0.15, 0.2) is 6.20 Å². The van der Waals surface area contributed by atoms with E-state index >= 15 is 0 Å². The SMILES string of the molecule is CC(C)(C)c1c[nH]c(=S)n1N1CCOCC1. The lowest BCUT2D eigenvalue weighted by molar-refractivity contribution is 0.110. The highest BCUT2D eigenvalue weighted by atomic mass is 32.1. The van der Waals surface area contributed by atoms with E-state index in [0.717, 1.165) is 31.1 Å². The zero-order valence-corrected chi connectivity index (χ0v) is 10.9. The number of aromatic nitrogens is 2. The van der Waals surface area contributed by atoms with Crippen LogP contribution in [0.4, 0.5) is 0 Å². The number of aromatic amines is 1. The van der Waals surface area contributed by atoms with E-state index in [9.17, 15) is 0 Å². The van der Waals surface area contributed by atoms with Gasteiger partial charge in [-0.2, -0.15) is 0 Å². The minimum Gasteiger partial charge on any atom is -0.378 e. The molecule has 16 heavy (non-hydrogen) atoms. The molecule has 1 N–H and O–H groups in total. The first kappa shape index (κ1) is 11.7. The highest BCUT2D eigenvalue weighted by Gasteiger charge is 2.23. The summed E-state index contributed by atoms with van der Waals surface area (Å²) in [7, 11) is 0. The van der Waals surface area contributed by atoms with Crippen molar-refractivity contribution in [2.45, 2.75) is 26.2 Å². The van der Waals surface area contributed by atoms with Crippen LogP contribution in [-0.4, -0.2) is 36.0 Å². The van der Waals surface area contributed by atoms with E-state index in [1.54, 1.807) is 0 Å². The Morgan fingerprint density at radius 1 is 1.31 bits per heavy atom. The number of hydrogen-bond acceptors (Lipinski definition) is 3. The van der Waals surface area contributed by atoms with E-state index in [1.807, 2.05) is 6.20 Å². The van der Waals surface area contributed by atoms with Crippen molar-refractivity contribution in [1.29, 1.82) is 0 Å². The maximum Gasteiger partial charge on any atom is 0.196 e. The van der Waals surface area contributed by atoms with Gasteiger partial charge in [0.25, 0.3) is 0 Å². The van der Waals surface area contributed by atoms with Crippen LogP contribution in [0, 0.1) is 4.77 Å². The number of ether oxygens (including phenoxy) is 1. The number of hydrogen-bond donors (Lipinski definition) is 1. The van der Waals surface area contributed by atoms with Crippen molar-refractivity contribution in [3.05, 3.63) is 16.7 Å². The Bertz CT molecular complexity index is 410. The lowest BCUT2D eigenvalue weighted by Crippen LogP contribution is -2.45. The molecule has 1 aromatic heterocycles. The first-order valence-corrected chi connectivity index (χ1v) is 6.05. The predicted octanol–water partition coefficient (Wildman–Crippen LogP) is 1.81. The maximum absolute atomic E-state index is 5.36. The lowest BCUT2D eigenvalue weighted by atomic mass is 9.93. The summed E-state index contributed by atoms with van der Waals surface area (Å²) in [5, 5.41) is 2.25. The molecule has 0 spiro atoms. The number of rotatable bonds is 1. The van der Waals surface area contributed by atoms with Gasteiger partial charge >= 0.3 is 0 Å². The molecule has 0 unspecified atom stereocenters. The number of morpholine rings is 1. The quantitative estimate of drug-likeness (QED) is 0.761. The average molecular weight is 241 g/mol. The molecule has 1 saturated heterocycles. The molecule has 0 bridgehead atoms. The molecule has 1 aliphatic heterocycles. The van der Waals surface area contributed by atoms with Crippen molar-refractivity contribution in [2.24, 2.45) is 0 Å². The zero-order valence-electron chi connectivity index (χ0n) is 10.1. The van der Waals surface area contributed by atoms with Gasteiger partial charge in [-0.05, 0) is 12.2 Å². The Morgan fingerprint density at radius 2 is 1.94 bits per heavy atom. The molecule has 4 nitrogen and oxygen atoms in total. The molecule has 0 aliphatic carbocycles. The lowest BCUT2D eigenvalue weighted by Gasteiger charge is -2.33. The highest BCUT2D eigenvalue weighted by Crippen LogP contribution is 2.22. The maximum atomic E-state index is 5.36. The van der Waals surface area contributed by atoms with Crippen molar-refractivity contribution >= 4 is 12.2 Å². The first-order valence-electron chi connectivity index (χ1n) is 5.64. The Hall–Kier alpha value is -0.810. The average Bonchev–Trinajstić information content (AvgIpc) is 2.61. The number of imidazole rings is 1.